The molecule has 0 aliphatic carbocycles. The summed E-state index contributed by atoms with van der Waals surface area (Å²) in [4.78, 5) is 11.6. The van der Waals surface area contributed by atoms with Crippen LogP contribution in [0.15, 0.2) is 12.1 Å². The molecular formula is C11H12FNO3. The van der Waals surface area contributed by atoms with E-state index in [0.29, 0.717) is 17.9 Å². The lowest BCUT2D eigenvalue weighted by molar-refractivity contribution is -0.0166. The summed E-state index contributed by atoms with van der Waals surface area (Å²) in [6.45, 7) is 0.553. The Kier molecular flexibility index (Phi) is 3.17. The number of likely N-dealkylation sites (N-methyl/N-ethyl adjacent to an activating group) is 1. The van der Waals surface area contributed by atoms with Gasteiger partial charge in [0.1, 0.15) is 11.6 Å². The first kappa shape index (κ1) is 11.0. The van der Waals surface area contributed by atoms with Gasteiger partial charge in [0.15, 0.2) is 12.6 Å². The number of ether oxygens (including phenoxy) is 2. The summed E-state index contributed by atoms with van der Waals surface area (Å²) >= 11 is 0. The predicted molar refractivity (Wildman–Crippen MR) is 54.9 cm³/mol. The normalized spacial score (nSPS) is 14.1. The van der Waals surface area contributed by atoms with Crippen LogP contribution in [0.2, 0.25) is 0 Å². The third kappa shape index (κ3) is 2.05. The maximum atomic E-state index is 13.6. The van der Waals surface area contributed by atoms with Crippen molar-refractivity contribution in [3.63, 3.8) is 0 Å². The Morgan fingerprint density at radius 3 is 3.12 bits per heavy atom. The molecule has 0 fully saturated rings. The molecule has 16 heavy (non-hydrogen) atoms. The number of benzene rings is 1. The topological polar surface area (TPSA) is 47.6 Å². The zero-order valence-electron chi connectivity index (χ0n) is 8.88. The summed E-state index contributed by atoms with van der Waals surface area (Å²) in [5.74, 6) is -0.307. The SMILES string of the molecule is CNCC(=O)c1cc2c(cc1F)COCO2. The van der Waals surface area contributed by atoms with Crippen molar-refractivity contribution >= 4 is 5.78 Å². The fourth-order valence-electron chi connectivity index (χ4n) is 1.57. The van der Waals surface area contributed by atoms with Gasteiger partial charge in [0.05, 0.1) is 18.7 Å². The number of fused-ring (bicyclic) bond motifs is 1. The molecule has 0 bridgehead atoms. The number of halogens is 1. The van der Waals surface area contributed by atoms with Gasteiger partial charge in [-0.25, -0.2) is 4.39 Å². The van der Waals surface area contributed by atoms with Gasteiger partial charge in [0.25, 0.3) is 0 Å². The number of nitrogens with one attached hydrogen (secondary N) is 1. The molecule has 0 saturated heterocycles. The fourth-order valence-corrected chi connectivity index (χ4v) is 1.57. The van der Waals surface area contributed by atoms with Crippen molar-refractivity contribution in [2.75, 3.05) is 20.4 Å². The van der Waals surface area contributed by atoms with Crippen LogP contribution in [-0.2, 0) is 11.3 Å². The van der Waals surface area contributed by atoms with Gasteiger partial charge in [-0.3, -0.25) is 4.79 Å². The minimum atomic E-state index is -0.534. The zero-order chi connectivity index (χ0) is 11.5. The third-order valence-electron chi connectivity index (χ3n) is 2.34. The number of rotatable bonds is 3. The lowest BCUT2D eigenvalue weighted by Crippen LogP contribution is -2.20. The molecule has 1 aromatic rings. The molecular weight excluding hydrogens is 213 g/mol. The van der Waals surface area contributed by atoms with Crippen molar-refractivity contribution < 1.29 is 18.7 Å². The number of hydrogen-bond donors (Lipinski definition) is 1. The van der Waals surface area contributed by atoms with E-state index in [1.807, 2.05) is 0 Å². The maximum Gasteiger partial charge on any atom is 0.189 e. The average Bonchev–Trinajstić information content (AvgIpc) is 2.28. The van der Waals surface area contributed by atoms with Crippen LogP contribution in [-0.4, -0.2) is 26.2 Å². The van der Waals surface area contributed by atoms with Gasteiger partial charge in [-0.1, -0.05) is 0 Å². The molecule has 0 amide bonds. The summed E-state index contributed by atoms with van der Waals surface area (Å²) in [6.07, 6.45) is 0. The first-order valence-corrected chi connectivity index (χ1v) is 4.93. The molecule has 5 heteroatoms. The minimum Gasteiger partial charge on any atom is -0.467 e. The highest BCUT2D eigenvalue weighted by Crippen LogP contribution is 2.27. The van der Waals surface area contributed by atoms with Crippen molar-refractivity contribution in [3.8, 4) is 5.75 Å². The molecule has 0 radical (unpaired) electrons. The average molecular weight is 225 g/mol. The van der Waals surface area contributed by atoms with Crippen molar-refractivity contribution in [2.45, 2.75) is 6.61 Å². The van der Waals surface area contributed by atoms with E-state index in [4.69, 9.17) is 9.47 Å². The molecule has 1 aliphatic heterocycles. The Labute approximate surface area is 92.4 Å². The van der Waals surface area contributed by atoms with Gasteiger partial charge in [-0.05, 0) is 19.2 Å². The Morgan fingerprint density at radius 2 is 2.38 bits per heavy atom. The largest absolute Gasteiger partial charge is 0.467 e. The lowest BCUT2D eigenvalue weighted by Gasteiger charge is -2.18. The van der Waals surface area contributed by atoms with Crippen LogP contribution < -0.4 is 10.1 Å². The molecule has 1 heterocycles. The van der Waals surface area contributed by atoms with Crippen LogP contribution in [0.1, 0.15) is 15.9 Å². The Morgan fingerprint density at radius 1 is 1.56 bits per heavy atom. The van der Waals surface area contributed by atoms with Crippen LogP contribution in [0.4, 0.5) is 4.39 Å². The minimum absolute atomic E-state index is 0.0509. The highest BCUT2D eigenvalue weighted by atomic mass is 19.1. The van der Waals surface area contributed by atoms with E-state index in [1.54, 1.807) is 7.05 Å². The first-order chi connectivity index (χ1) is 7.72. The molecule has 0 saturated carbocycles. The number of Topliss-reactive ketones (excluding diaryl/α,β-unsaturated/α-hetero) is 1. The van der Waals surface area contributed by atoms with Crippen LogP contribution in [0.25, 0.3) is 0 Å². The van der Waals surface area contributed by atoms with Crippen molar-refractivity contribution in [1.29, 1.82) is 0 Å². The molecule has 1 aromatic carbocycles. The van der Waals surface area contributed by atoms with E-state index in [2.05, 4.69) is 5.32 Å². The van der Waals surface area contributed by atoms with Crippen LogP contribution in [0, 0.1) is 5.82 Å². The fraction of sp³-hybridized carbons (Fsp3) is 0.364. The Bertz CT molecular complexity index is 420. The second-order valence-electron chi connectivity index (χ2n) is 3.50. The molecule has 86 valence electrons. The molecule has 1 aliphatic rings. The summed E-state index contributed by atoms with van der Waals surface area (Å²) < 4.78 is 23.8. The van der Waals surface area contributed by atoms with E-state index in [-0.39, 0.29) is 24.7 Å². The van der Waals surface area contributed by atoms with Gasteiger partial charge in [-0.15, -0.1) is 0 Å². The van der Waals surface area contributed by atoms with E-state index in [9.17, 15) is 9.18 Å². The second kappa shape index (κ2) is 4.59. The Balaban J connectivity index is 2.35. The number of hydrogen-bond acceptors (Lipinski definition) is 4. The van der Waals surface area contributed by atoms with E-state index < -0.39 is 5.82 Å². The van der Waals surface area contributed by atoms with Gasteiger partial charge in [0, 0.05) is 5.56 Å². The van der Waals surface area contributed by atoms with Crippen molar-refractivity contribution in [3.05, 3.63) is 29.1 Å². The quantitative estimate of drug-likeness (QED) is 0.782. The molecule has 0 unspecified atom stereocenters. The monoisotopic (exact) mass is 225 g/mol. The second-order valence-corrected chi connectivity index (χ2v) is 3.50. The van der Waals surface area contributed by atoms with Gasteiger partial charge >= 0.3 is 0 Å². The number of carbonyl (C=O) groups excluding carboxylic acids is 1. The molecule has 1 N–H and O–H groups in total. The first-order valence-electron chi connectivity index (χ1n) is 4.93. The van der Waals surface area contributed by atoms with Crippen LogP contribution >= 0.6 is 0 Å². The van der Waals surface area contributed by atoms with Crippen molar-refractivity contribution in [2.24, 2.45) is 0 Å². The lowest BCUT2D eigenvalue weighted by atomic mass is 10.1. The molecule has 0 aromatic heterocycles. The highest BCUT2D eigenvalue weighted by Gasteiger charge is 2.18. The summed E-state index contributed by atoms with van der Waals surface area (Å²) in [7, 11) is 1.64. The molecule has 2 rings (SSSR count). The van der Waals surface area contributed by atoms with E-state index in [0.717, 1.165) is 0 Å². The smallest absolute Gasteiger partial charge is 0.189 e. The summed E-state index contributed by atoms with van der Waals surface area (Å²) in [5, 5.41) is 2.69. The Hall–Kier alpha value is -1.46. The summed E-state index contributed by atoms with van der Waals surface area (Å²) in [5.41, 5.74) is 0.680. The highest BCUT2D eigenvalue weighted by molar-refractivity contribution is 5.98. The third-order valence-corrected chi connectivity index (χ3v) is 2.34. The van der Waals surface area contributed by atoms with Gasteiger partial charge in [0.2, 0.25) is 0 Å². The van der Waals surface area contributed by atoms with E-state index >= 15 is 0 Å². The van der Waals surface area contributed by atoms with Gasteiger partial charge in [-0.2, -0.15) is 0 Å². The predicted octanol–water partition coefficient (Wildman–Crippen LogP) is 1.09. The summed E-state index contributed by atoms with van der Waals surface area (Å²) in [6, 6.07) is 2.73. The molecule has 4 nitrogen and oxygen atoms in total. The van der Waals surface area contributed by atoms with Gasteiger partial charge < -0.3 is 14.8 Å². The maximum absolute atomic E-state index is 13.6. The zero-order valence-corrected chi connectivity index (χ0v) is 8.88. The number of carbonyl (C=O) groups is 1. The number of ketones is 1. The van der Waals surface area contributed by atoms with Crippen LogP contribution in [0.3, 0.4) is 0 Å². The van der Waals surface area contributed by atoms with E-state index in [1.165, 1.54) is 12.1 Å². The standard InChI is InChI=1S/C11H12FNO3/c1-13-4-10(14)8-3-11-7(2-9(8)12)5-15-6-16-11/h2-3,13H,4-6H2,1H3. The van der Waals surface area contributed by atoms with Crippen molar-refractivity contribution in [1.82, 2.24) is 5.32 Å². The molecule has 0 atom stereocenters. The van der Waals surface area contributed by atoms with Crippen LogP contribution in [0.5, 0.6) is 5.75 Å². The molecule has 0 spiro atoms.